The summed E-state index contributed by atoms with van der Waals surface area (Å²) in [5, 5.41) is 8.54. The van der Waals surface area contributed by atoms with Gasteiger partial charge in [-0.3, -0.25) is 4.79 Å². The zero-order valence-electron chi connectivity index (χ0n) is 9.94. The van der Waals surface area contributed by atoms with Gasteiger partial charge >= 0.3 is 12.1 Å². The van der Waals surface area contributed by atoms with E-state index in [-0.39, 0.29) is 11.3 Å². The number of halogens is 3. The van der Waals surface area contributed by atoms with Crippen LogP contribution in [0.2, 0.25) is 0 Å². The van der Waals surface area contributed by atoms with E-state index in [2.05, 4.69) is 0 Å². The second-order valence-electron chi connectivity index (χ2n) is 4.22. The lowest BCUT2D eigenvalue weighted by molar-refractivity contribution is -0.138. The number of alkyl halides is 3. The Morgan fingerprint density at radius 3 is 2.45 bits per heavy atom. The molecule has 2 rings (SSSR count). The highest BCUT2D eigenvalue weighted by Crippen LogP contribution is 2.42. The van der Waals surface area contributed by atoms with E-state index in [4.69, 9.17) is 5.11 Å². The highest BCUT2D eigenvalue weighted by molar-refractivity contribution is 7.95. The van der Waals surface area contributed by atoms with Gasteiger partial charge in [0.2, 0.25) is 9.84 Å². The summed E-state index contributed by atoms with van der Waals surface area (Å²) in [4.78, 5) is 9.74. The molecule has 0 saturated carbocycles. The summed E-state index contributed by atoms with van der Waals surface area (Å²) in [5.74, 6) is -1.21. The largest absolute Gasteiger partial charge is 0.481 e. The maximum atomic E-state index is 12.8. The van der Waals surface area contributed by atoms with Crippen molar-refractivity contribution in [1.29, 1.82) is 0 Å². The number of carbonyl (C=O) groups is 1. The van der Waals surface area contributed by atoms with Gasteiger partial charge in [-0.1, -0.05) is 6.07 Å². The molecule has 108 valence electrons. The molecule has 0 atom stereocenters. The third-order valence-electron chi connectivity index (χ3n) is 2.90. The summed E-state index contributed by atoms with van der Waals surface area (Å²) in [7, 11) is -4.03. The van der Waals surface area contributed by atoms with E-state index in [1.807, 2.05) is 0 Å². The SMILES string of the molecule is O=C(O)CCC1=Cc2c(C(F)(F)F)cccc2S1(=O)=O. The number of allylic oxidation sites excluding steroid dienone is 1. The molecule has 0 saturated heterocycles. The molecule has 1 aromatic carbocycles. The standard InChI is InChI=1S/C12H9F3O4S/c13-12(14,15)9-2-1-3-10-8(9)6-7(20(10,18)19)4-5-11(16)17/h1-3,6H,4-5H2,(H,16,17). The van der Waals surface area contributed by atoms with Gasteiger partial charge in [0.15, 0.2) is 0 Å². The molecule has 0 unspecified atom stereocenters. The van der Waals surface area contributed by atoms with E-state index >= 15 is 0 Å². The average Bonchev–Trinajstić information content (AvgIpc) is 2.57. The van der Waals surface area contributed by atoms with Crippen molar-refractivity contribution in [2.75, 3.05) is 0 Å². The number of sulfone groups is 1. The van der Waals surface area contributed by atoms with E-state index in [1.54, 1.807) is 0 Å². The number of hydrogen-bond donors (Lipinski definition) is 1. The molecule has 0 bridgehead atoms. The first-order valence-corrected chi connectivity index (χ1v) is 7.00. The summed E-state index contributed by atoms with van der Waals surface area (Å²) >= 11 is 0. The molecule has 1 aliphatic rings. The van der Waals surface area contributed by atoms with Gasteiger partial charge in [0, 0.05) is 5.56 Å². The molecule has 0 aliphatic carbocycles. The normalized spacial score (nSPS) is 16.6. The number of hydrogen-bond acceptors (Lipinski definition) is 3. The van der Waals surface area contributed by atoms with Gasteiger partial charge < -0.3 is 5.11 Å². The van der Waals surface area contributed by atoms with Crippen molar-refractivity contribution in [1.82, 2.24) is 0 Å². The maximum absolute atomic E-state index is 12.8. The Balaban J connectivity index is 2.54. The van der Waals surface area contributed by atoms with E-state index < -0.39 is 44.4 Å². The predicted octanol–water partition coefficient (Wildman–Crippen LogP) is 2.70. The number of aliphatic carboxylic acids is 1. The molecule has 1 aliphatic heterocycles. The van der Waals surface area contributed by atoms with Gasteiger partial charge in [0.05, 0.1) is 21.8 Å². The summed E-state index contributed by atoms with van der Waals surface area (Å²) in [6.07, 6.45) is -4.54. The summed E-state index contributed by atoms with van der Waals surface area (Å²) in [5.41, 5.74) is -1.45. The zero-order valence-corrected chi connectivity index (χ0v) is 10.8. The van der Waals surface area contributed by atoms with E-state index in [9.17, 15) is 26.4 Å². The zero-order chi connectivity index (χ0) is 15.1. The Labute approximate surface area is 112 Å². The number of rotatable bonds is 3. The van der Waals surface area contributed by atoms with Crippen LogP contribution in [0.15, 0.2) is 28.0 Å². The molecule has 0 fully saturated rings. The third-order valence-corrected chi connectivity index (χ3v) is 4.84. The van der Waals surface area contributed by atoms with Crippen LogP contribution in [0.4, 0.5) is 13.2 Å². The molecular weight excluding hydrogens is 297 g/mol. The van der Waals surface area contributed by atoms with E-state index in [0.717, 1.165) is 24.3 Å². The lowest BCUT2D eigenvalue weighted by atomic mass is 10.1. The lowest BCUT2D eigenvalue weighted by Crippen LogP contribution is -2.09. The molecule has 1 aromatic rings. The Bertz CT molecular complexity index is 702. The molecule has 0 radical (unpaired) electrons. The summed E-state index contributed by atoms with van der Waals surface area (Å²) in [6.45, 7) is 0. The fourth-order valence-corrected chi connectivity index (χ4v) is 3.63. The molecular formula is C12H9F3O4S. The molecule has 8 heteroatoms. The van der Waals surface area contributed by atoms with Gasteiger partial charge in [-0.2, -0.15) is 13.2 Å². The van der Waals surface area contributed by atoms with Gasteiger partial charge in [0.1, 0.15) is 0 Å². The second kappa shape index (κ2) is 4.62. The van der Waals surface area contributed by atoms with Crippen LogP contribution >= 0.6 is 0 Å². The van der Waals surface area contributed by atoms with Gasteiger partial charge in [0.25, 0.3) is 0 Å². The number of fused-ring (bicyclic) bond motifs is 1. The minimum absolute atomic E-state index is 0.299. The molecule has 20 heavy (non-hydrogen) atoms. The van der Waals surface area contributed by atoms with Crippen LogP contribution in [0.1, 0.15) is 24.0 Å². The highest BCUT2D eigenvalue weighted by Gasteiger charge is 2.39. The summed E-state index contributed by atoms with van der Waals surface area (Å²) in [6, 6.07) is 2.91. The van der Waals surface area contributed by atoms with Gasteiger partial charge in [-0.15, -0.1) is 0 Å². The van der Waals surface area contributed by atoms with Crippen molar-refractivity contribution in [3.63, 3.8) is 0 Å². The number of benzene rings is 1. The third kappa shape index (κ3) is 2.43. The predicted molar refractivity (Wildman–Crippen MR) is 63.5 cm³/mol. The van der Waals surface area contributed by atoms with Crippen molar-refractivity contribution >= 4 is 21.9 Å². The fraction of sp³-hybridized carbons (Fsp3) is 0.250. The fourth-order valence-electron chi connectivity index (χ4n) is 1.99. The minimum Gasteiger partial charge on any atom is -0.481 e. The molecule has 0 amide bonds. The van der Waals surface area contributed by atoms with Crippen LogP contribution < -0.4 is 0 Å². The van der Waals surface area contributed by atoms with Crippen LogP contribution in [-0.2, 0) is 20.8 Å². The highest BCUT2D eigenvalue weighted by atomic mass is 32.2. The first-order valence-electron chi connectivity index (χ1n) is 5.51. The van der Waals surface area contributed by atoms with Gasteiger partial charge in [-0.25, -0.2) is 8.42 Å². The van der Waals surface area contributed by atoms with Crippen LogP contribution in [-0.4, -0.2) is 19.5 Å². The Hall–Kier alpha value is -1.83. The molecule has 4 nitrogen and oxygen atoms in total. The molecule has 0 spiro atoms. The van der Waals surface area contributed by atoms with E-state index in [0.29, 0.717) is 0 Å². The number of carboxylic acids is 1. The second-order valence-corrected chi connectivity index (χ2v) is 6.19. The van der Waals surface area contributed by atoms with E-state index in [1.165, 1.54) is 0 Å². The van der Waals surface area contributed by atoms with Gasteiger partial charge in [-0.05, 0) is 24.6 Å². The average molecular weight is 306 g/mol. The van der Waals surface area contributed by atoms with Crippen LogP contribution in [0.3, 0.4) is 0 Å². The molecule has 1 N–H and O–H groups in total. The van der Waals surface area contributed by atoms with Crippen molar-refractivity contribution in [3.8, 4) is 0 Å². The first kappa shape index (κ1) is 14.6. The monoisotopic (exact) mass is 306 g/mol. The molecule has 0 aromatic heterocycles. The Morgan fingerprint density at radius 2 is 1.90 bits per heavy atom. The number of carboxylic acid groups (broad SMARTS) is 1. The Morgan fingerprint density at radius 1 is 1.25 bits per heavy atom. The van der Waals surface area contributed by atoms with Crippen molar-refractivity contribution in [3.05, 3.63) is 34.2 Å². The minimum atomic E-state index is -4.67. The van der Waals surface area contributed by atoms with Crippen molar-refractivity contribution in [2.45, 2.75) is 23.9 Å². The lowest BCUT2D eigenvalue weighted by Gasteiger charge is -2.10. The smallest absolute Gasteiger partial charge is 0.417 e. The van der Waals surface area contributed by atoms with Crippen LogP contribution in [0.25, 0.3) is 6.08 Å². The van der Waals surface area contributed by atoms with Crippen molar-refractivity contribution < 1.29 is 31.5 Å². The quantitative estimate of drug-likeness (QED) is 0.932. The van der Waals surface area contributed by atoms with Crippen LogP contribution in [0.5, 0.6) is 0 Å². The first-order chi connectivity index (χ1) is 9.14. The maximum Gasteiger partial charge on any atom is 0.417 e. The molecule has 1 heterocycles. The topological polar surface area (TPSA) is 71.4 Å². The van der Waals surface area contributed by atoms with Crippen LogP contribution in [0, 0.1) is 0 Å². The summed E-state index contributed by atoms with van der Waals surface area (Å²) < 4.78 is 62.5. The Kier molecular flexibility index (Phi) is 3.37. The van der Waals surface area contributed by atoms with Crippen molar-refractivity contribution in [2.24, 2.45) is 0 Å².